The molecule has 5 nitrogen and oxygen atoms in total. The number of fused-ring (bicyclic) bond motifs is 3. The number of ether oxygens (including phenoxy) is 1. The van der Waals surface area contributed by atoms with Crippen molar-refractivity contribution in [3.8, 4) is 5.75 Å². The van der Waals surface area contributed by atoms with Gasteiger partial charge in [-0.3, -0.25) is 5.32 Å². The Morgan fingerprint density at radius 2 is 1.76 bits per heavy atom. The van der Waals surface area contributed by atoms with Crippen LogP contribution < -0.4 is 9.88 Å². The summed E-state index contributed by atoms with van der Waals surface area (Å²) >= 11 is 0. The number of hydrogen-bond acceptors (Lipinski definition) is 3. The van der Waals surface area contributed by atoms with Crippen LogP contribution in [-0.4, -0.2) is 17.8 Å². The van der Waals surface area contributed by atoms with E-state index in [1.54, 1.807) is 13.0 Å². The van der Waals surface area contributed by atoms with Gasteiger partial charge in [-0.05, 0) is 48.9 Å². The van der Waals surface area contributed by atoms with E-state index in [9.17, 15) is 9.90 Å². The smallest absolute Gasteiger partial charge is 0.411 e. The molecule has 146 valence electrons. The van der Waals surface area contributed by atoms with E-state index in [0.29, 0.717) is 18.7 Å². The number of hydrogen-bond donors (Lipinski definition) is 2. The van der Waals surface area contributed by atoms with Crippen LogP contribution in [0.25, 0.3) is 21.7 Å². The van der Waals surface area contributed by atoms with E-state index < -0.39 is 6.09 Å². The van der Waals surface area contributed by atoms with Crippen molar-refractivity contribution in [2.75, 3.05) is 11.9 Å². The minimum atomic E-state index is -0.456. The molecule has 0 aliphatic heterocycles. The van der Waals surface area contributed by atoms with Crippen LogP contribution in [0.15, 0.2) is 66.7 Å². The number of aromatic hydroxyl groups is 1. The first-order valence-electron chi connectivity index (χ1n) is 9.62. The monoisotopic (exact) mass is 387 g/mol. The van der Waals surface area contributed by atoms with Crippen LogP contribution in [0.2, 0.25) is 0 Å². The van der Waals surface area contributed by atoms with Crippen LogP contribution in [0, 0.1) is 0 Å². The molecule has 3 aromatic carbocycles. The lowest BCUT2D eigenvalue weighted by Crippen LogP contribution is -2.35. The van der Waals surface area contributed by atoms with E-state index in [0.717, 1.165) is 32.9 Å². The van der Waals surface area contributed by atoms with Crippen LogP contribution in [0.3, 0.4) is 0 Å². The second kappa shape index (κ2) is 7.80. The van der Waals surface area contributed by atoms with Crippen LogP contribution >= 0.6 is 0 Å². The number of aryl methyl sites for hydroxylation is 1. The van der Waals surface area contributed by atoms with E-state index in [2.05, 4.69) is 29.1 Å². The van der Waals surface area contributed by atoms with Crippen molar-refractivity contribution in [3.05, 3.63) is 78.0 Å². The Hall–Kier alpha value is -3.60. The number of rotatable bonds is 4. The molecule has 0 bridgehead atoms. The summed E-state index contributed by atoms with van der Waals surface area (Å²) in [7, 11) is 2.05. The average molecular weight is 387 g/mol. The first-order valence-corrected chi connectivity index (χ1v) is 9.62. The van der Waals surface area contributed by atoms with E-state index in [1.165, 1.54) is 0 Å². The highest BCUT2D eigenvalue weighted by Gasteiger charge is 2.19. The predicted octanol–water partition coefficient (Wildman–Crippen LogP) is 4.68. The number of para-hydroxylation sites is 1. The number of phenolic OH excluding ortho intramolecular Hbond substituents is 1. The zero-order valence-electron chi connectivity index (χ0n) is 16.5. The molecular weight excluding hydrogens is 364 g/mol. The largest absolute Gasteiger partial charge is 0.508 e. The second-order valence-corrected chi connectivity index (χ2v) is 6.97. The number of nitrogens with one attached hydrogen (secondary N) is 1. The minimum absolute atomic E-state index is 0.253. The molecular formula is C24H23N2O3+. The Morgan fingerprint density at radius 1 is 1.00 bits per heavy atom. The summed E-state index contributed by atoms with van der Waals surface area (Å²) in [5.74, 6) is 0.253. The molecule has 1 heterocycles. The number of amides is 1. The summed E-state index contributed by atoms with van der Waals surface area (Å²) < 4.78 is 7.09. The fourth-order valence-corrected chi connectivity index (χ4v) is 3.72. The number of aromatic nitrogens is 1. The van der Waals surface area contributed by atoms with E-state index >= 15 is 0 Å². The Labute approximate surface area is 169 Å². The van der Waals surface area contributed by atoms with Crippen LogP contribution in [0.4, 0.5) is 10.5 Å². The third-order valence-corrected chi connectivity index (χ3v) is 5.12. The fraction of sp³-hybridized carbons (Fsp3) is 0.167. The van der Waals surface area contributed by atoms with Gasteiger partial charge < -0.3 is 9.84 Å². The quantitative estimate of drug-likeness (QED) is 0.395. The molecule has 0 unspecified atom stereocenters. The number of nitrogens with zero attached hydrogens (tertiary/aromatic N) is 1. The summed E-state index contributed by atoms with van der Waals surface area (Å²) in [5.41, 5.74) is 4.05. The Bertz CT molecular complexity index is 1200. The van der Waals surface area contributed by atoms with Crippen LogP contribution in [0.1, 0.15) is 18.2 Å². The summed E-state index contributed by atoms with van der Waals surface area (Å²) in [6, 6.07) is 21.5. The molecule has 1 aromatic heterocycles. The Balaban J connectivity index is 1.74. The summed E-state index contributed by atoms with van der Waals surface area (Å²) in [4.78, 5) is 11.6. The molecule has 4 rings (SSSR count). The molecule has 5 heteroatoms. The topological polar surface area (TPSA) is 62.4 Å². The van der Waals surface area contributed by atoms with Crippen molar-refractivity contribution >= 4 is 33.5 Å². The van der Waals surface area contributed by atoms with Gasteiger partial charge in [-0.15, -0.1) is 0 Å². The van der Waals surface area contributed by atoms with Gasteiger partial charge in [0.25, 0.3) is 0 Å². The van der Waals surface area contributed by atoms with Gasteiger partial charge in [0.2, 0.25) is 5.52 Å². The summed E-state index contributed by atoms with van der Waals surface area (Å²) in [5, 5.41) is 16.1. The number of carbonyl (C=O) groups is 1. The fourth-order valence-electron chi connectivity index (χ4n) is 3.72. The number of pyridine rings is 1. The zero-order valence-corrected chi connectivity index (χ0v) is 16.5. The highest BCUT2D eigenvalue weighted by Crippen LogP contribution is 2.29. The van der Waals surface area contributed by atoms with Gasteiger partial charge in [-0.1, -0.05) is 24.3 Å². The highest BCUT2D eigenvalue weighted by atomic mass is 16.5. The SMILES string of the molecule is CCOC(=O)Nc1ccc(Cc2c3cc(O)ccc3c3ccccc3[n+]2C)cc1. The van der Waals surface area contributed by atoms with E-state index in [1.807, 2.05) is 48.5 Å². The molecule has 2 N–H and O–H groups in total. The van der Waals surface area contributed by atoms with Crippen LogP contribution in [-0.2, 0) is 18.2 Å². The number of anilines is 1. The average Bonchev–Trinajstić information content (AvgIpc) is 2.72. The Kier molecular flexibility index (Phi) is 5.04. The zero-order chi connectivity index (χ0) is 20.4. The van der Waals surface area contributed by atoms with Gasteiger partial charge in [0.05, 0.1) is 23.8 Å². The van der Waals surface area contributed by atoms with Crippen molar-refractivity contribution in [2.45, 2.75) is 13.3 Å². The molecule has 0 saturated heterocycles. The predicted molar refractivity (Wildman–Crippen MR) is 114 cm³/mol. The summed E-state index contributed by atoms with van der Waals surface area (Å²) in [6.45, 7) is 2.11. The molecule has 0 aliphatic carbocycles. The van der Waals surface area contributed by atoms with Crippen molar-refractivity contribution in [1.29, 1.82) is 0 Å². The second-order valence-electron chi connectivity index (χ2n) is 6.97. The molecule has 29 heavy (non-hydrogen) atoms. The normalized spacial score (nSPS) is 11.0. The highest BCUT2D eigenvalue weighted by molar-refractivity contribution is 6.05. The van der Waals surface area contributed by atoms with E-state index in [-0.39, 0.29) is 5.75 Å². The van der Waals surface area contributed by atoms with Crippen molar-refractivity contribution < 1.29 is 19.2 Å². The third kappa shape index (κ3) is 3.72. The molecule has 1 amide bonds. The number of benzene rings is 3. The van der Waals surface area contributed by atoms with Crippen molar-refractivity contribution in [3.63, 3.8) is 0 Å². The molecule has 0 fully saturated rings. The lowest BCUT2D eigenvalue weighted by atomic mass is 9.99. The van der Waals surface area contributed by atoms with E-state index in [4.69, 9.17) is 4.74 Å². The summed E-state index contributed by atoms with van der Waals surface area (Å²) in [6.07, 6.45) is 0.240. The third-order valence-electron chi connectivity index (χ3n) is 5.12. The van der Waals surface area contributed by atoms with Gasteiger partial charge >= 0.3 is 6.09 Å². The Morgan fingerprint density at radius 3 is 2.52 bits per heavy atom. The van der Waals surface area contributed by atoms with Crippen molar-refractivity contribution in [2.24, 2.45) is 7.05 Å². The maximum atomic E-state index is 11.6. The standard InChI is InChI=1S/C24H22N2O3/c1-3-29-24(28)25-17-10-8-16(9-11-17)14-23-21-15-18(27)12-13-19(21)20-6-4-5-7-22(20)26(23)2/h4-13,15H,3,14H2,1-2H3,(H-,25,27,28)/p+1. The molecule has 0 spiro atoms. The first-order chi connectivity index (χ1) is 14.1. The maximum absolute atomic E-state index is 11.6. The maximum Gasteiger partial charge on any atom is 0.411 e. The van der Waals surface area contributed by atoms with Gasteiger partial charge in [0, 0.05) is 17.1 Å². The number of phenols is 1. The van der Waals surface area contributed by atoms with Crippen LogP contribution in [0.5, 0.6) is 5.75 Å². The molecule has 4 aromatic rings. The molecule has 0 aliphatic rings. The lowest BCUT2D eigenvalue weighted by Gasteiger charge is -2.10. The van der Waals surface area contributed by atoms with Crippen molar-refractivity contribution in [1.82, 2.24) is 0 Å². The van der Waals surface area contributed by atoms with Gasteiger partial charge in [-0.2, -0.15) is 4.57 Å². The number of carbonyl (C=O) groups excluding carboxylic acids is 1. The molecule has 0 radical (unpaired) electrons. The molecule has 0 saturated carbocycles. The van der Waals surface area contributed by atoms with Gasteiger partial charge in [0.15, 0.2) is 5.69 Å². The van der Waals surface area contributed by atoms with Gasteiger partial charge in [0.1, 0.15) is 12.8 Å². The molecule has 0 atom stereocenters. The van der Waals surface area contributed by atoms with Gasteiger partial charge in [-0.25, -0.2) is 4.79 Å². The minimum Gasteiger partial charge on any atom is -0.508 e. The lowest BCUT2D eigenvalue weighted by molar-refractivity contribution is -0.651. The first kappa shape index (κ1) is 18.7.